The molecule has 2 amide bonds. The Morgan fingerprint density at radius 1 is 1.23 bits per heavy atom. The van der Waals surface area contributed by atoms with Crippen molar-refractivity contribution in [2.75, 3.05) is 14.2 Å². The van der Waals surface area contributed by atoms with Crippen molar-refractivity contribution in [2.45, 2.75) is 64.0 Å². The molecule has 5 nitrogen and oxygen atoms in total. The van der Waals surface area contributed by atoms with Gasteiger partial charge in [0.2, 0.25) is 5.91 Å². The number of ether oxygens (including phenoxy) is 1. The largest absolute Gasteiger partial charge is 0.453 e. The van der Waals surface area contributed by atoms with Gasteiger partial charge in [-0.25, -0.2) is 4.79 Å². The predicted molar refractivity (Wildman–Crippen MR) is 103 cm³/mol. The van der Waals surface area contributed by atoms with Crippen LogP contribution < -0.4 is 5.32 Å². The highest BCUT2D eigenvalue weighted by molar-refractivity contribution is 5.80. The van der Waals surface area contributed by atoms with Crippen LogP contribution in [0.5, 0.6) is 0 Å². The van der Waals surface area contributed by atoms with Crippen LogP contribution in [-0.2, 0) is 16.0 Å². The minimum atomic E-state index is -0.416. The van der Waals surface area contributed by atoms with Gasteiger partial charge in [0.05, 0.1) is 7.11 Å². The lowest BCUT2D eigenvalue weighted by Gasteiger charge is -2.45. The molecule has 0 unspecified atom stereocenters. The van der Waals surface area contributed by atoms with Crippen molar-refractivity contribution in [1.82, 2.24) is 10.2 Å². The van der Waals surface area contributed by atoms with E-state index in [4.69, 9.17) is 0 Å². The molecule has 5 heteroatoms. The molecule has 2 aliphatic carbocycles. The van der Waals surface area contributed by atoms with E-state index in [1.807, 2.05) is 11.9 Å². The highest BCUT2D eigenvalue weighted by Gasteiger charge is 2.41. The van der Waals surface area contributed by atoms with E-state index in [0.717, 1.165) is 19.3 Å². The molecule has 0 heterocycles. The van der Waals surface area contributed by atoms with E-state index in [0.29, 0.717) is 24.8 Å². The SMILES string of the molecule is CCc1cc(C)cc(C2CC(N(C)C(=O)C3CC(NC(=O)OC)C3)C2)c1.[HH]. The number of nitrogens with zero attached hydrogens (tertiary/aromatic N) is 1. The maximum atomic E-state index is 12.6. The summed E-state index contributed by atoms with van der Waals surface area (Å²) < 4.78 is 4.60. The first kappa shape index (κ1) is 18.7. The summed E-state index contributed by atoms with van der Waals surface area (Å²) in [4.78, 5) is 25.8. The van der Waals surface area contributed by atoms with Crippen LogP contribution in [0.1, 0.15) is 56.6 Å². The van der Waals surface area contributed by atoms with E-state index in [2.05, 4.69) is 42.1 Å². The number of benzene rings is 1. The number of rotatable bonds is 5. The normalized spacial score (nSPS) is 27.1. The number of aryl methyl sites for hydroxylation is 2. The molecule has 2 aliphatic rings. The van der Waals surface area contributed by atoms with E-state index in [1.54, 1.807) is 0 Å². The average Bonchev–Trinajstić information content (AvgIpc) is 2.54. The van der Waals surface area contributed by atoms with Gasteiger partial charge in [-0.15, -0.1) is 0 Å². The molecule has 0 radical (unpaired) electrons. The van der Waals surface area contributed by atoms with E-state index in [9.17, 15) is 9.59 Å². The molecular formula is C21H32N2O3. The number of alkyl carbamates (subject to hydrolysis) is 1. The van der Waals surface area contributed by atoms with Crippen molar-refractivity contribution in [3.8, 4) is 0 Å². The topological polar surface area (TPSA) is 58.6 Å². The van der Waals surface area contributed by atoms with Crippen molar-refractivity contribution < 1.29 is 15.8 Å². The fourth-order valence-corrected chi connectivity index (χ4v) is 4.14. The molecular weight excluding hydrogens is 328 g/mol. The molecule has 3 rings (SSSR count). The fraction of sp³-hybridized carbons (Fsp3) is 0.619. The first-order valence-electron chi connectivity index (χ1n) is 9.62. The second kappa shape index (κ2) is 7.68. The molecule has 1 N–H and O–H groups in total. The van der Waals surface area contributed by atoms with Gasteiger partial charge in [-0.2, -0.15) is 0 Å². The third-order valence-corrected chi connectivity index (χ3v) is 6.04. The van der Waals surface area contributed by atoms with Crippen molar-refractivity contribution in [3.05, 3.63) is 34.9 Å². The maximum absolute atomic E-state index is 12.6. The zero-order valence-electron chi connectivity index (χ0n) is 16.2. The smallest absolute Gasteiger partial charge is 0.407 e. The van der Waals surface area contributed by atoms with Gasteiger partial charge in [0.25, 0.3) is 0 Å². The molecule has 0 aromatic heterocycles. The summed E-state index contributed by atoms with van der Waals surface area (Å²) in [5.41, 5.74) is 4.14. The monoisotopic (exact) mass is 360 g/mol. The first-order valence-corrected chi connectivity index (χ1v) is 9.62. The summed E-state index contributed by atoms with van der Waals surface area (Å²) >= 11 is 0. The number of hydrogen-bond donors (Lipinski definition) is 1. The van der Waals surface area contributed by atoms with Crippen molar-refractivity contribution in [3.63, 3.8) is 0 Å². The second-order valence-electron chi connectivity index (χ2n) is 7.88. The van der Waals surface area contributed by atoms with E-state index in [1.165, 1.54) is 23.8 Å². The number of methoxy groups -OCH3 is 1. The molecule has 0 spiro atoms. The van der Waals surface area contributed by atoms with Gasteiger partial charge in [0.1, 0.15) is 0 Å². The summed E-state index contributed by atoms with van der Waals surface area (Å²) in [5, 5.41) is 2.76. The van der Waals surface area contributed by atoms with Gasteiger partial charge >= 0.3 is 6.09 Å². The third kappa shape index (κ3) is 3.87. The Hall–Kier alpha value is -2.04. The number of carbonyl (C=O) groups excluding carboxylic acids is 2. The number of amides is 2. The van der Waals surface area contributed by atoms with Crippen LogP contribution in [0.15, 0.2) is 18.2 Å². The summed E-state index contributed by atoms with van der Waals surface area (Å²) in [6.07, 6.45) is 4.17. The van der Waals surface area contributed by atoms with Gasteiger partial charge in [-0.3, -0.25) is 4.79 Å². The Labute approximate surface area is 157 Å². The van der Waals surface area contributed by atoms with Crippen LogP contribution in [-0.4, -0.2) is 43.1 Å². The van der Waals surface area contributed by atoms with Crippen LogP contribution in [0, 0.1) is 12.8 Å². The highest BCUT2D eigenvalue weighted by atomic mass is 16.5. The molecule has 2 saturated carbocycles. The second-order valence-corrected chi connectivity index (χ2v) is 7.88. The molecule has 144 valence electrons. The standard InChI is InChI=1S/C21H30N2O3.H2/c1-5-14-6-13(2)7-15(8-14)16-11-19(12-16)23(3)20(24)17-9-18(10-17)22-21(25)26-4;/h6-8,16-19H,5,9-12H2,1-4H3,(H,22,25);1H. The summed E-state index contributed by atoms with van der Waals surface area (Å²) in [6, 6.07) is 7.27. The highest BCUT2D eigenvalue weighted by Crippen LogP contribution is 2.41. The van der Waals surface area contributed by atoms with Crippen molar-refractivity contribution in [1.29, 1.82) is 0 Å². The number of carbonyl (C=O) groups is 2. The average molecular weight is 360 g/mol. The van der Waals surface area contributed by atoms with Crippen molar-refractivity contribution in [2.24, 2.45) is 5.92 Å². The Morgan fingerprint density at radius 2 is 1.92 bits per heavy atom. The summed E-state index contributed by atoms with van der Waals surface area (Å²) in [7, 11) is 3.28. The van der Waals surface area contributed by atoms with Crippen molar-refractivity contribution >= 4 is 12.0 Å². The van der Waals surface area contributed by atoms with Gasteiger partial charge in [0, 0.05) is 26.5 Å². The molecule has 1 aromatic carbocycles. The lowest BCUT2D eigenvalue weighted by Crippen LogP contribution is -2.53. The molecule has 1 aromatic rings. The van der Waals surface area contributed by atoms with Crippen LogP contribution in [0.4, 0.5) is 4.79 Å². The van der Waals surface area contributed by atoms with Crippen LogP contribution in [0.25, 0.3) is 0 Å². The molecule has 0 atom stereocenters. The summed E-state index contributed by atoms with van der Waals surface area (Å²) in [5.74, 6) is 0.817. The lowest BCUT2D eigenvalue weighted by atomic mass is 9.73. The minimum absolute atomic E-state index is 0. The summed E-state index contributed by atoms with van der Waals surface area (Å²) in [6.45, 7) is 4.35. The predicted octanol–water partition coefficient (Wildman–Crippen LogP) is 3.64. The maximum Gasteiger partial charge on any atom is 0.407 e. The van der Waals surface area contributed by atoms with E-state index in [-0.39, 0.29) is 19.3 Å². The fourth-order valence-electron chi connectivity index (χ4n) is 4.14. The lowest BCUT2D eigenvalue weighted by molar-refractivity contribution is -0.141. The van der Waals surface area contributed by atoms with E-state index < -0.39 is 6.09 Å². The van der Waals surface area contributed by atoms with Gasteiger partial charge in [0.15, 0.2) is 0 Å². The molecule has 0 aliphatic heterocycles. The third-order valence-electron chi connectivity index (χ3n) is 6.04. The first-order chi connectivity index (χ1) is 12.4. The zero-order valence-corrected chi connectivity index (χ0v) is 16.2. The van der Waals surface area contributed by atoms with Crippen LogP contribution >= 0.6 is 0 Å². The minimum Gasteiger partial charge on any atom is -0.453 e. The Kier molecular flexibility index (Phi) is 5.54. The molecule has 0 saturated heterocycles. The van der Waals surface area contributed by atoms with Gasteiger partial charge in [-0.1, -0.05) is 30.7 Å². The Balaban J connectivity index is 0.00000261. The Morgan fingerprint density at radius 3 is 2.54 bits per heavy atom. The quantitative estimate of drug-likeness (QED) is 0.872. The van der Waals surface area contributed by atoms with Crippen LogP contribution in [0.2, 0.25) is 0 Å². The van der Waals surface area contributed by atoms with Gasteiger partial charge < -0.3 is 15.0 Å². The molecule has 2 fully saturated rings. The van der Waals surface area contributed by atoms with Gasteiger partial charge in [-0.05, 0) is 56.1 Å². The molecule has 26 heavy (non-hydrogen) atoms. The van der Waals surface area contributed by atoms with Crippen LogP contribution in [0.3, 0.4) is 0 Å². The number of hydrogen-bond acceptors (Lipinski definition) is 3. The number of nitrogens with one attached hydrogen (secondary N) is 1. The van der Waals surface area contributed by atoms with E-state index >= 15 is 0 Å². The molecule has 0 bridgehead atoms. The zero-order chi connectivity index (χ0) is 18.8. The Bertz CT molecular complexity index is 682.